The van der Waals surface area contributed by atoms with Crippen LogP contribution < -0.4 is 4.90 Å². The van der Waals surface area contributed by atoms with Crippen LogP contribution in [0.1, 0.15) is 26.2 Å². The summed E-state index contributed by atoms with van der Waals surface area (Å²) in [6, 6.07) is 3.78. The van der Waals surface area contributed by atoms with Gasteiger partial charge in [-0.05, 0) is 37.3 Å². The van der Waals surface area contributed by atoms with Crippen molar-refractivity contribution in [2.45, 2.75) is 26.2 Å². The number of pyridine rings is 1. The smallest absolute Gasteiger partial charge is 0.235 e. The number of carbonyl (C=O) groups excluding carboxylic acids is 2. The van der Waals surface area contributed by atoms with Crippen LogP contribution in [0.25, 0.3) is 0 Å². The monoisotopic (exact) mass is 299 g/mol. The first-order valence-electron chi connectivity index (χ1n) is 8.12. The van der Waals surface area contributed by atoms with E-state index in [4.69, 9.17) is 0 Å². The largest absolute Gasteiger partial charge is 0.341 e. The third-order valence-corrected chi connectivity index (χ3v) is 5.56. The maximum absolute atomic E-state index is 13.1. The summed E-state index contributed by atoms with van der Waals surface area (Å²) in [5, 5.41) is 0. The van der Waals surface area contributed by atoms with Crippen molar-refractivity contribution in [3.05, 3.63) is 24.5 Å². The standard InChI is InChI=1S/C17H21N3O2/c1-12-10-19(15(21)13-4-5-13)11-17(12)6-8-20(16(17)22)14-3-2-7-18-9-14/h2-3,7,9,12-13H,4-6,8,10-11H2,1H3/t12-,17-/m1/s1. The van der Waals surface area contributed by atoms with Gasteiger partial charge < -0.3 is 9.80 Å². The van der Waals surface area contributed by atoms with Crippen molar-refractivity contribution in [1.29, 1.82) is 0 Å². The summed E-state index contributed by atoms with van der Waals surface area (Å²) < 4.78 is 0. The SMILES string of the molecule is C[C@@H]1CN(C(=O)C2CC2)C[C@]12CCN(c1cccnc1)C2=O. The number of aromatic nitrogens is 1. The lowest BCUT2D eigenvalue weighted by Crippen LogP contribution is -2.40. The second-order valence-electron chi connectivity index (χ2n) is 6.97. The zero-order valence-corrected chi connectivity index (χ0v) is 12.9. The average Bonchev–Trinajstić information content (AvgIpc) is 3.26. The van der Waals surface area contributed by atoms with Gasteiger partial charge in [0.15, 0.2) is 0 Å². The average molecular weight is 299 g/mol. The van der Waals surface area contributed by atoms with E-state index in [9.17, 15) is 9.59 Å². The van der Waals surface area contributed by atoms with Gasteiger partial charge in [-0.25, -0.2) is 0 Å². The highest BCUT2D eigenvalue weighted by atomic mass is 16.2. The van der Waals surface area contributed by atoms with Crippen LogP contribution in [0, 0.1) is 17.3 Å². The second-order valence-corrected chi connectivity index (χ2v) is 6.97. The van der Waals surface area contributed by atoms with Gasteiger partial charge in [-0.1, -0.05) is 6.92 Å². The highest BCUT2D eigenvalue weighted by Crippen LogP contribution is 2.47. The number of carbonyl (C=O) groups is 2. The number of likely N-dealkylation sites (tertiary alicyclic amines) is 1. The molecule has 0 bridgehead atoms. The van der Waals surface area contributed by atoms with E-state index in [1.54, 1.807) is 12.4 Å². The lowest BCUT2D eigenvalue weighted by molar-refractivity contribution is -0.132. The van der Waals surface area contributed by atoms with E-state index >= 15 is 0 Å². The van der Waals surface area contributed by atoms with Crippen LogP contribution >= 0.6 is 0 Å². The molecule has 1 aliphatic carbocycles. The van der Waals surface area contributed by atoms with Crippen molar-refractivity contribution in [2.24, 2.45) is 17.3 Å². The molecule has 116 valence electrons. The predicted molar refractivity (Wildman–Crippen MR) is 82.1 cm³/mol. The molecule has 3 heterocycles. The van der Waals surface area contributed by atoms with E-state index in [0.29, 0.717) is 6.54 Å². The van der Waals surface area contributed by atoms with Crippen molar-refractivity contribution in [1.82, 2.24) is 9.88 Å². The van der Waals surface area contributed by atoms with Gasteiger partial charge in [0.1, 0.15) is 0 Å². The van der Waals surface area contributed by atoms with Crippen LogP contribution in [0.3, 0.4) is 0 Å². The first-order chi connectivity index (χ1) is 10.6. The molecule has 0 aromatic carbocycles. The Morgan fingerprint density at radius 2 is 2.23 bits per heavy atom. The lowest BCUT2D eigenvalue weighted by atomic mass is 9.78. The van der Waals surface area contributed by atoms with Crippen LogP contribution in [-0.2, 0) is 9.59 Å². The molecule has 5 nitrogen and oxygen atoms in total. The number of hydrogen-bond donors (Lipinski definition) is 0. The summed E-state index contributed by atoms with van der Waals surface area (Å²) >= 11 is 0. The highest BCUT2D eigenvalue weighted by molar-refractivity contribution is 6.01. The fraction of sp³-hybridized carbons (Fsp3) is 0.588. The molecule has 4 rings (SSSR count). The molecule has 0 unspecified atom stereocenters. The van der Waals surface area contributed by atoms with E-state index in [1.807, 2.05) is 21.9 Å². The Kier molecular flexibility index (Phi) is 2.99. The van der Waals surface area contributed by atoms with Crippen molar-refractivity contribution >= 4 is 17.5 Å². The molecule has 1 spiro atoms. The summed E-state index contributed by atoms with van der Waals surface area (Å²) in [7, 11) is 0. The number of anilines is 1. The summed E-state index contributed by atoms with van der Waals surface area (Å²) in [5.41, 5.74) is 0.476. The fourth-order valence-electron chi connectivity index (χ4n) is 3.97. The molecule has 1 aromatic rings. The molecule has 3 aliphatic rings. The molecular weight excluding hydrogens is 278 g/mol. The third kappa shape index (κ3) is 1.95. The van der Waals surface area contributed by atoms with Gasteiger partial charge in [0, 0.05) is 31.7 Å². The first-order valence-corrected chi connectivity index (χ1v) is 8.12. The minimum Gasteiger partial charge on any atom is -0.341 e. The number of rotatable bonds is 2. The molecule has 2 amide bonds. The van der Waals surface area contributed by atoms with Gasteiger partial charge in [0.25, 0.3) is 0 Å². The Hall–Kier alpha value is -1.91. The molecule has 3 fully saturated rings. The molecular formula is C17H21N3O2. The zero-order valence-electron chi connectivity index (χ0n) is 12.9. The first kappa shape index (κ1) is 13.7. The molecule has 2 saturated heterocycles. The molecule has 2 atom stereocenters. The molecule has 1 saturated carbocycles. The van der Waals surface area contributed by atoms with Crippen molar-refractivity contribution in [3.8, 4) is 0 Å². The van der Waals surface area contributed by atoms with Gasteiger partial charge in [0.2, 0.25) is 11.8 Å². The quantitative estimate of drug-likeness (QED) is 0.835. The normalized spacial score (nSPS) is 31.3. The van der Waals surface area contributed by atoms with Crippen LogP contribution in [0.4, 0.5) is 5.69 Å². The van der Waals surface area contributed by atoms with Crippen LogP contribution in [0.2, 0.25) is 0 Å². The van der Waals surface area contributed by atoms with Crippen molar-refractivity contribution in [2.75, 3.05) is 24.5 Å². The molecule has 0 N–H and O–H groups in total. The van der Waals surface area contributed by atoms with E-state index < -0.39 is 0 Å². The minimum atomic E-state index is -0.389. The van der Waals surface area contributed by atoms with E-state index in [-0.39, 0.29) is 29.1 Å². The Labute approximate surface area is 130 Å². The lowest BCUT2D eigenvalue weighted by Gasteiger charge is -2.26. The predicted octanol–water partition coefficient (Wildman–Crippen LogP) is 1.69. The van der Waals surface area contributed by atoms with E-state index in [2.05, 4.69) is 11.9 Å². The maximum atomic E-state index is 13.1. The van der Waals surface area contributed by atoms with Crippen LogP contribution in [-0.4, -0.2) is 41.3 Å². The van der Waals surface area contributed by atoms with E-state index in [1.165, 1.54) is 0 Å². The Bertz CT molecular complexity index is 614. The van der Waals surface area contributed by atoms with Crippen LogP contribution in [0.5, 0.6) is 0 Å². The summed E-state index contributed by atoms with van der Waals surface area (Å²) in [6.45, 7) is 4.16. The Balaban J connectivity index is 1.57. The Morgan fingerprint density at radius 1 is 1.41 bits per heavy atom. The van der Waals surface area contributed by atoms with Gasteiger partial charge in [-0.3, -0.25) is 14.6 Å². The van der Waals surface area contributed by atoms with Crippen molar-refractivity contribution < 1.29 is 9.59 Å². The number of hydrogen-bond acceptors (Lipinski definition) is 3. The van der Waals surface area contributed by atoms with Gasteiger partial charge in [0.05, 0.1) is 17.3 Å². The molecule has 22 heavy (non-hydrogen) atoms. The molecule has 5 heteroatoms. The highest BCUT2D eigenvalue weighted by Gasteiger charge is 2.56. The van der Waals surface area contributed by atoms with Gasteiger partial charge in [-0.15, -0.1) is 0 Å². The van der Waals surface area contributed by atoms with E-state index in [0.717, 1.165) is 38.0 Å². The maximum Gasteiger partial charge on any atom is 0.235 e. The molecule has 2 aliphatic heterocycles. The van der Waals surface area contributed by atoms with Crippen LogP contribution in [0.15, 0.2) is 24.5 Å². The number of nitrogens with zero attached hydrogens (tertiary/aromatic N) is 3. The molecule has 0 radical (unpaired) electrons. The fourth-order valence-corrected chi connectivity index (χ4v) is 3.97. The third-order valence-electron chi connectivity index (χ3n) is 5.56. The number of amides is 2. The van der Waals surface area contributed by atoms with Gasteiger partial charge in [-0.2, -0.15) is 0 Å². The topological polar surface area (TPSA) is 53.5 Å². The summed E-state index contributed by atoms with van der Waals surface area (Å²) in [5.74, 6) is 0.883. The Morgan fingerprint density at radius 3 is 2.91 bits per heavy atom. The summed E-state index contributed by atoms with van der Waals surface area (Å²) in [4.78, 5) is 33.3. The summed E-state index contributed by atoms with van der Waals surface area (Å²) in [6.07, 6.45) is 6.33. The zero-order chi connectivity index (χ0) is 15.3. The van der Waals surface area contributed by atoms with Crippen molar-refractivity contribution in [3.63, 3.8) is 0 Å². The van der Waals surface area contributed by atoms with Gasteiger partial charge >= 0.3 is 0 Å². The second kappa shape index (κ2) is 4.80. The molecule has 1 aromatic heterocycles. The minimum absolute atomic E-state index is 0.166.